The molecule has 0 aromatic rings. The van der Waals surface area contributed by atoms with Gasteiger partial charge in [-0.2, -0.15) is 0 Å². The smallest absolute Gasteiger partial charge is 0.411 e. The zero-order valence-corrected chi connectivity index (χ0v) is 13.7. The van der Waals surface area contributed by atoms with Crippen LogP contribution in [0.3, 0.4) is 0 Å². The molecule has 124 valence electrons. The lowest BCUT2D eigenvalue weighted by Crippen LogP contribution is -2.54. The van der Waals surface area contributed by atoms with Crippen molar-refractivity contribution in [3.05, 3.63) is 0 Å². The minimum atomic E-state index is -0.851. The Labute approximate surface area is 130 Å². The second-order valence-corrected chi connectivity index (χ2v) is 6.82. The van der Waals surface area contributed by atoms with E-state index in [1.165, 1.54) is 16.9 Å². The van der Waals surface area contributed by atoms with E-state index in [0.29, 0.717) is 25.9 Å². The summed E-state index contributed by atoms with van der Waals surface area (Å²) in [5, 5.41) is 0. The number of amides is 2. The maximum atomic E-state index is 12.7. The van der Waals surface area contributed by atoms with Gasteiger partial charge in [0, 0.05) is 13.1 Å². The third kappa shape index (κ3) is 3.03. The van der Waals surface area contributed by atoms with Gasteiger partial charge in [-0.25, -0.2) is 4.79 Å². The summed E-state index contributed by atoms with van der Waals surface area (Å²) in [6.07, 6.45) is 1.44. The lowest BCUT2D eigenvalue weighted by Gasteiger charge is -2.34. The van der Waals surface area contributed by atoms with Crippen LogP contribution in [0.2, 0.25) is 0 Å². The molecule has 2 saturated heterocycles. The van der Waals surface area contributed by atoms with Crippen molar-refractivity contribution in [3.63, 3.8) is 0 Å². The fourth-order valence-electron chi connectivity index (χ4n) is 3.14. The van der Waals surface area contributed by atoms with E-state index in [9.17, 15) is 14.4 Å². The molecule has 2 aliphatic heterocycles. The van der Waals surface area contributed by atoms with Gasteiger partial charge in [-0.15, -0.1) is 0 Å². The van der Waals surface area contributed by atoms with Crippen molar-refractivity contribution in [1.82, 2.24) is 9.80 Å². The zero-order chi connectivity index (χ0) is 16.5. The molecule has 7 heteroatoms. The highest BCUT2D eigenvalue weighted by Gasteiger charge is 2.56. The summed E-state index contributed by atoms with van der Waals surface area (Å²) in [5.41, 5.74) is -1.45. The number of likely N-dealkylation sites (tertiary alicyclic amines) is 2. The molecule has 22 heavy (non-hydrogen) atoms. The fourth-order valence-corrected chi connectivity index (χ4v) is 3.14. The Morgan fingerprint density at radius 3 is 2.50 bits per heavy atom. The maximum absolute atomic E-state index is 12.7. The Morgan fingerprint density at radius 2 is 1.91 bits per heavy atom. The first kappa shape index (κ1) is 16.6. The van der Waals surface area contributed by atoms with Crippen molar-refractivity contribution < 1.29 is 23.9 Å². The molecule has 1 atom stereocenters. The van der Waals surface area contributed by atoms with Crippen molar-refractivity contribution in [2.24, 2.45) is 0 Å². The van der Waals surface area contributed by atoms with E-state index in [4.69, 9.17) is 4.74 Å². The standard InChI is InChI=1S/C15H24N2O5/c1-14(2,3)22-13(20)17-8-5-6-15(17)7-9-16(12(15)19)10-11(18)21-4/h5-10H2,1-4H3/t15-/m1/s1. The van der Waals surface area contributed by atoms with Crippen LogP contribution in [0.25, 0.3) is 0 Å². The number of hydrogen-bond donors (Lipinski definition) is 0. The molecule has 0 N–H and O–H groups in total. The lowest BCUT2D eigenvalue weighted by atomic mass is 9.94. The topological polar surface area (TPSA) is 76.2 Å². The summed E-state index contributed by atoms with van der Waals surface area (Å²) in [6, 6.07) is 0. The van der Waals surface area contributed by atoms with Crippen molar-refractivity contribution in [1.29, 1.82) is 0 Å². The van der Waals surface area contributed by atoms with Crippen LogP contribution < -0.4 is 0 Å². The maximum Gasteiger partial charge on any atom is 0.411 e. The average Bonchev–Trinajstić information content (AvgIpc) is 2.97. The second-order valence-electron chi connectivity index (χ2n) is 6.82. The Hall–Kier alpha value is -1.79. The van der Waals surface area contributed by atoms with Gasteiger partial charge >= 0.3 is 12.1 Å². The number of hydrogen-bond acceptors (Lipinski definition) is 5. The molecule has 0 aromatic heterocycles. The number of carbonyl (C=O) groups is 3. The van der Waals surface area contributed by atoms with Crippen molar-refractivity contribution in [2.75, 3.05) is 26.7 Å². The molecule has 0 radical (unpaired) electrons. The van der Waals surface area contributed by atoms with Crippen LogP contribution >= 0.6 is 0 Å². The normalized spacial score (nSPS) is 25.0. The number of carbonyl (C=O) groups excluding carboxylic acids is 3. The van der Waals surface area contributed by atoms with Crippen LogP contribution in [0.1, 0.15) is 40.0 Å². The van der Waals surface area contributed by atoms with Crippen LogP contribution in [-0.4, -0.2) is 65.7 Å². The predicted molar refractivity (Wildman–Crippen MR) is 78.1 cm³/mol. The monoisotopic (exact) mass is 312 g/mol. The molecular weight excluding hydrogens is 288 g/mol. The van der Waals surface area contributed by atoms with Gasteiger partial charge in [0.15, 0.2) is 0 Å². The van der Waals surface area contributed by atoms with Crippen LogP contribution in [0.15, 0.2) is 0 Å². The van der Waals surface area contributed by atoms with Crippen LogP contribution in [0, 0.1) is 0 Å². The molecule has 2 heterocycles. The Morgan fingerprint density at radius 1 is 1.23 bits per heavy atom. The number of nitrogens with zero attached hydrogens (tertiary/aromatic N) is 2. The molecule has 7 nitrogen and oxygen atoms in total. The molecule has 2 fully saturated rings. The van der Waals surface area contributed by atoms with Gasteiger partial charge in [0.05, 0.1) is 7.11 Å². The fraction of sp³-hybridized carbons (Fsp3) is 0.800. The number of esters is 1. The first-order valence-corrected chi connectivity index (χ1v) is 7.56. The van der Waals surface area contributed by atoms with Crippen molar-refractivity contribution in [3.8, 4) is 0 Å². The van der Waals surface area contributed by atoms with Crippen LogP contribution in [0.5, 0.6) is 0 Å². The average molecular weight is 312 g/mol. The van der Waals surface area contributed by atoms with E-state index < -0.39 is 23.2 Å². The number of ether oxygens (including phenoxy) is 2. The van der Waals surface area contributed by atoms with Gasteiger partial charge in [-0.05, 0) is 40.0 Å². The Kier molecular flexibility index (Phi) is 4.35. The van der Waals surface area contributed by atoms with E-state index in [-0.39, 0.29) is 12.5 Å². The summed E-state index contributed by atoms with van der Waals surface area (Å²) in [6.45, 7) is 6.29. The quantitative estimate of drug-likeness (QED) is 0.715. The second kappa shape index (κ2) is 5.78. The van der Waals surface area contributed by atoms with E-state index in [0.717, 1.165) is 6.42 Å². The molecular formula is C15H24N2O5. The molecule has 0 saturated carbocycles. The van der Waals surface area contributed by atoms with E-state index in [2.05, 4.69) is 4.74 Å². The zero-order valence-electron chi connectivity index (χ0n) is 13.7. The Balaban J connectivity index is 2.14. The van der Waals surface area contributed by atoms with Crippen molar-refractivity contribution in [2.45, 2.75) is 51.2 Å². The van der Waals surface area contributed by atoms with Gasteiger partial charge in [-0.1, -0.05) is 0 Å². The summed E-state index contributed by atoms with van der Waals surface area (Å²) < 4.78 is 10.0. The van der Waals surface area contributed by atoms with E-state index in [1.54, 1.807) is 20.8 Å². The number of rotatable bonds is 2. The third-order valence-corrected chi connectivity index (χ3v) is 4.13. The molecule has 2 amide bonds. The molecule has 2 aliphatic rings. The minimum absolute atomic E-state index is 0.0702. The summed E-state index contributed by atoms with van der Waals surface area (Å²) in [7, 11) is 1.29. The molecule has 0 unspecified atom stereocenters. The van der Waals surface area contributed by atoms with E-state index in [1.807, 2.05) is 0 Å². The van der Waals surface area contributed by atoms with E-state index >= 15 is 0 Å². The molecule has 1 spiro atoms. The highest BCUT2D eigenvalue weighted by molar-refractivity contribution is 5.94. The SMILES string of the molecule is COC(=O)CN1CC[C@]2(CCCN2C(=O)OC(C)(C)C)C1=O. The minimum Gasteiger partial charge on any atom is -0.468 e. The highest BCUT2D eigenvalue weighted by atomic mass is 16.6. The summed E-state index contributed by atoms with van der Waals surface area (Å²) in [4.78, 5) is 39.5. The van der Waals surface area contributed by atoms with Gasteiger partial charge in [-0.3, -0.25) is 14.5 Å². The molecule has 0 bridgehead atoms. The highest BCUT2D eigenvalue weighted by Crippen LogP contribution is 2.39. The third-order valence-electron chi connectivity index (χ3n) is 4.13. The van der Waals surface area contributed by atoms with Gasteiger partial charge < -0.3 is 14.4 Å². The first-order valence-electron chi connectivity index (χ1n) is 7.56. The van der Waals surface area contributed by atoms with Crippen LogP contribution in [-0.2, 0) is 19.1 Å². The number of methoxy groups -OCH3 is 1. The lowest BCUT2D eigenvalue weighted by molar-refractivity contribution is -0.147. The summed E-state index contributed by atoms with van der Waals surface area (Å²) in [5.74, 6) is -0.631. The van der Waals surface area contributed by atoms with Gasteiger partial charge in [0.25, 0.3) is 0 Å². The molecule has 2 rings (SSSR count). The largest absolute Gasteiger partial charge is 0.468 e. The molecule has 0 aliphatic carbocycles. The van der Waals surface area contributed by atoms with Gasteiger partial charge in [0.2, 0.25) is 5.91 Å². The predicted octanol–water partition coefficient (Wildman–Crippen LogP) is 1.16. The van der Waals surface area contributed by atoms with Crippen LogP contribution in [0.4, 0.5) is 4.79 Å². The summed E-state index contributed by atoms with van der Waals surface area (Å²) >= 11 is 0. The van der Waals surface area contributed by atoms with Gasteiger partial charge in [0.1, 0.15) is 17.7 Å². The first-order chi connectivity index (χ1) is 10.2. The Bertz CT molecular complexity index is 485. The van der Waals surface area contributed by atoms with Crippen molar-refractivity contribution >= 4 is 18.0 Å². The molecule has 0 aromatic carbocycles.